The minimum Gasteiger partial charge on any atom is -0.310 e. The summed E-state index contributed by atoms with van der Waals surface area (Å²) >= 11 is 0. The highest BCUT2D eigenvalue weighted by atomic mass is 15.0. The molecule has 0 spiro atoms. The van der Waals surface area contributed by atoms with Gasteiger partial charge in [-0.3, -0.25) is 0 Å². The van der Waals surface area contributed by atoms with E-state index in [1.54, 1.807) is 0 Å². The normalized spacial score (nSPS) is 12.8. The van der Waals surface area contributed by atoms with Crippen molar-refractivity contribution in [3.8, 4) is 55.9 Å². The molecular weight excluding hydrogens is 986 g/mol. The molecular formula is C78H66B2N2. The Bertz CT molecular complexity index is 4330. The Morgan fingerprint density at radius 2 is 0.598 bits per heavy atom. The smallest absolute Gasteiger partial charge is 0.247 e. The van der Waals surface area contributed by atoms with Gasteiger partial charge in [0, 0.05) is 44.0 Å². The SMILES string of the molecule is CC(C)c1cccc(C(C)C)c1B1c2cc3c(cc2-n2c4cc(-c5ccccc5)cc(-c5ccccc5)c4c4cccc1c42)B(c1c(C(C)C)cccc1C(C)C)c1cccc2c4c(-c5ccccc5)cc(-c5ccccc5)cc4n-3c12. The van der Waals surface area contributed by atoms with Crippen LogP contribution < -0.4 is 32.8 Å². The first-order valence-corrected chi connectivity index (χ1v) is 29.9. The Morgan fingerprint density at radius 3 is 0.927 bits per heavy atom. The fourth-order valence-corrected chi connectivity index (χ4v) is 15.0. The molecule has 0 N–H and O–H groups in total. The molecule has 0 saturated carbocycles. The van der Waals surface area contributed by atoms with Gasteiger partial charge in [0.2, 0.25) is 13.4 Å². The van der Waals surface area contributed by atoms with Gasteiger partial charge in [0.15, 0.2) is 0 Å². The number of rotatable bonds is 10. The first kappa shape index (κ1) is 50.1. The lowest BCUT2D eigenvalue weighted by molar-refractivity contribution is 0.845. The topological polar surface area (TPSA) is 9.86 Å². The standard InChI is InChI=1S/C78H66B2N2/c1-47(2)57-33-21-34-58(48(3)4)75(57)79-65-39-23-37-61-73-63(53-29-17-11-18-30-53)41-55(51-25-13-9-14-26-51)43-71(73)81(77(61)65)69-46-68-70(45-67(69)79)82-72-44-56(52-27-15-10-16-28-52)42-64(54-31-19-12-20-32-54)74(72)62-38-24-40-66(78(62)82)80(68)76-59(49(5)6)35-22-36-60(76)50(7)8/h9-50H,1-8H3. The number of benzene rings is 11. The van der Waals surface area contributed by atoms with Crippen LogP contribution in [0.1, 0.15) is 101 Å². The minimum atomic E-state index is -0.0625. The highest BCUT2D eigenvalue weighted by Crippen LogP contribution is 2.45. The molecule has 82 heavy (non-hydrogen) atoms. The van der Waals surface area contributed by atoms with Crippen molar-refractivity contribution < 1.29 is 0 Å². The molecule has 0 radical (unpaired) electrons. The number of aromatic nitrogens is 2. The van der Waals surface area contributed by atoms with E-state index < -0.39 is 0 Å². The monoisotopic (exact) mass is 1050 g/mol. The maximum Gasteiger partial charge on any atom is 0.247 e. The van der Waals surface area contributed by atoms with Gasteiger partial charge in [-0.1, -0.05) is 260 Å². The Balaban J connectivity index is 1.17. The summed E-state index contributed by atoms with van der Waals surface area (Å²) < 4.78 is 5.44. The van der Waals surface area contributed by atoms with E-state index in [-0.39, 0.29) is 13.4 Å². The largest absolute Gasteiger partial charge is 0.310 e. The Kier molecular flexibility index (Phi) is 11.9. The summed E-state index contributed by atoms with van der Waals surface area (Å²) in [6.45, 7) is 19.0. The summed E-state index contributed by atoms with van der Waals surface area (Å²) in [4.78, 5) is 0. The van der Waals surface area contributed by atoms with Crippen molar-refractivity contribution >= 4 is 89.8 Å². The number of hydrogen-bond acceptors (Lipinski definition) is 0. The Hall–Kier alpha value is -8.85. The summed E-state index contributed by atoms with van der Waals surface area (Å²) in [6.07, 6.45) is 0. The van der Waals surface area contributed by atoms with E-state index in [2.05, 4.69) is 295 Å². The van der Waals surface area contributed by atoms with Crippen molar-refractivity contribution in [2.24, 2.45) is 0 Å². The quantitative estimate of drug-likeness (QED) is 0.121. The van der Waals surface area contributed by atoms with Gasteiger partial charge < -0.3 is 9.13 Å². The van der Waals surface area contributed by atoms with Crippen molar-refractivity contribution in [3.05, 3.63) is 253 Å². The number of hydrogen-bond donors (Lipinski definition) is 0. The summed E-state index contributed by atoms with van der Waals surface area (Å²) in [6, 6.07) is 88.4. The van der Waals surface area contributed by atoms with Gasteiger partial charge in [-0.05, 0) is 149 Å². The molecule has 13 aromatic rings. The second-order valence-electron chi connectivity index (χ2n) is 24.6. The molecule has 0 bridgehead atoms. The van der Waals surface area contributed by atoms with E-state index in [1.807, 2.05) is 0 Å². The fourth-order valence-electron chi connectivity index (χ4n) is 15.0. The third-order valence-corrected chi connectivity index (χ3v) is 18.5. The predicted octanol–water partition coefficient (Wildman–Crippen LogP) is 16.7. The summed E-state index contributed by atoms with van der Waals surface area (Å²) in [5.41, 5.74) is 31.4. The van der Waals surface area contributed by atoms with Crippen molar-refractivity contribution in [2.75, 3.05) is 0 Å². The number of nitrogens with zero attached hydrogens (tertiary/aromatic N) is 2. The van der Waals surface area contributed by atoms with Crippen LogP contribution in [0.5, 0.6) is 0 Å². The summed E-state index contributed by atoms with van der Waals surface area (Å²) in [7, 11) is 0. The molecule has 15 rings (SSSR count). The van der Waals surface area contributed by atoms with Crippen molar-refractivity contribution in [1.82, 2.24) is 9.13 Å². The second-order valence-corrected chi connectivity index (χ2v) is 24.6. The van der Waals surface area contributed by atoms with E-state index in [4.69, 9.17) is 0 Å². The summed E-state index contributed by atoms with van der Waals surface area (Å²) in [5.74, 6) is 1.22. The highest BCUT2D eigenvalue weighted by Gasteiger charge is 2.43. The van der Waals surface area contributed by atoms with E-state index >= 15 is 0 Å². The van der Waals surface area contributed by atoms with Gasteiger partial charge in [0.25, 0.3) is 0 Å². The average molecular weight is 1050 g/mol. The van der Waals surface area contributed by atoms with Crippen LogP contribution in [0.15, 0.2) is 231 Å². The van der Waals surface area contributed by atoms with Gasteiger partial charge in [0.1, 0.15) is 0 Å². The Morgan fingerprint density at radius 1 is 0.280 bits per heavy atom. The maximum atomic E-state index is 2.72. The zero-order chi connectivity index (χ0) is 55.7. The lowest BCUT2D eigenvalue weighted by atomic mass is 9.31. The van der Waals surface area contributed by atoms with Crippen LogP contribution in [-0.4, -0.2) is 22.6 Å². The molecule has 4 heteroatoms. The van der Waals surface area contributed by atoms with Gasteiger partial charge in [-0.15, -0.1) is 0 Å². The molecule has 2 aromatic heterocycles. The van der Waals surface area contributed by atoms with E-state index in [1.165, 1.54) is 155 Å². The molecule has 0 fully saturated rings. The van der Waals surface area contributed by atoms with Crippen molar-refractivity contribution in [1.29, 1.82) is 0 Å². The minimum absolute atomic E-state index is 0.0625. The lowest BCUT2D eigenvalue weighted by Gasteiger charge is -2.35. The second kappa shape index (κ2) is 19.4. The van der Waals surface area contributed by atoms with Crippen LogP contribution in [0.4, 0.5) is 0 Å². The molecule has 0 amide bonds. The molecule has 2 nitrogen and oxygen atoms in total. The first-order chi connectivity index (χ1) is 40.0. The van der Waals surface area contributed by atoms with E-state index in [9.17, 15) is 0 Å². The number of para-hydroxylation sites is 2. The van der Waals surface area contributed by atoms with Gasteiger partial charge in [-0.25, -0.2) is 0 Å². The van der Waals surface area contributed by atoms with Crippen LogP contribution in [0.3, 0.4) is 0 Å². The van der Waals surface area contributed by atoms with Crippen LogP contribution in [0, 0.1) is 0 Å². The molecule has 0 unspecified atom stereocenters. The van der Waals surface area contributed by atoms with Crippen molar-refractivity contribution in [2.45, 2.75) is 79.1 Å². The maximum absolute atomic E-state index is 2.72. The third kappa shape index (κ3) is 7.56. The molecule has 0 aliphatic carbocycles. The molecule has 2 aliphatic rings. The first-order valence-electron chi connectivity index (χ1n) is 29.9. The summed E-state index contributed by atoms with van der Waals surface area (Å²) in [5, 5.41) is 5.17. The molecule has 2 aliphatic heterocycles. The molecule has 4 heterocycles. The molecule has 11 aromatic carbocycles. The van der Waals surface area contributed by atoms with E-state index in [0.29, 0.717) is 23.7 Å². The molecule has 0 saturated heterocycles. The molecule has 394 valence electrons. The van der Waals surface area contributed by atoms with Gasteiger partial charge >= 0.3 is 0 Å². The van der Waals surface area contributed by atoms with Crippen LogP contribution >= 0.6 is 0 Å². The zero-order valence-corrected chi connectivity index (χ0v) is 48.3. The zero-order valence-electron chi connectivity index (χ0n) is 48.3. The van der Waals surface area contributed by atoms with E-state index in [0.717, 1.165) is 0 Å². The van der Waals surface area contributed by atoms with Crippen LogP contribution in [0.2, 0.25) is 0 Å². The van der Waals surface area contributed by atoms with Gasteiger partial charge in [-0.2, -0.15) is 0 Å². The Labute approximate surface area is 483 Å². The van der Waals surface area contributed by atoms with Crippen molar-refractivity contribution in [3.63, 3.8) is 0 Å². The van der Waals surface area contributed by atoms with Crippen LogP contribution in [-0.2, 0) is 0 Å². The predicted molar refractivity (Wildman–Crippen MR) is 355 cm³/mol. The number of fused-ring (bicyclic) bond motifs is 10. The third-order valence-electron chi connectivity index (χ3n) is 18.5. The lowest BCUT2D eigenvalue weighted by Crippen LogP contribution is -2.61. The van der Waals surface area contributed by atoms with Gasteiger partial charge in [0.05, 0.1) is 11.0 Å². The molecule has 0 atom stereocenters. The fraction of sp³-hybridized carbons (Fsp3) is 0.154. The highest BCUT2D eigenvalue weighted by molar-refractivity contribution is 7.00. The van der Waals surface area contributed by atoms with Crippen LogP contribution in [0.25, 0.3) is 99.5 Å². The average Bonchev–Trinajstić information content (AvgIpc) is 3.87.